The van der Waals surface area contributed by atoms with E-state index in [1.165, 1.54) is 39.0 Å². The van der Waals surface area contributed by atoms with Crippen molar-refractivity contribution in [2.75, 3.05) is 19.8 Å². The largest absolute Gasteiger partial charge is 0.466 e. The molecule has 4 N–H and O–H groups in total. The van der Waals surface area contributed by atoms with Gasteiger partial charge >= 0.3 is 17.9 Å². The van der Waals surface area contributed by atoms with Gasteiger partial charge in [-0.2, -0.15) is 0 Å². The van der Waals surface area contributed by atoms with Crippen molar-refractivity contribution in [2.45, 2.75) is 162 Å². The second-order valence-corrected chi connectivity index (χ2v) is 10.9. The van der Waals surface area contributed by atoms with E-state index >= 15 is 0 Å². The van der Waals surface area contributed by atoms with Gasteiger partial charge < -0.3 is 25.1 Å². The first-order valence-corrected chi connectivity index (χ1v) is 16.1. The summed E-state index contributed by atoms with van der Waals surface area (Å²) in [6, 6.07) is 0. The fraction of sp³-hybridized carbons (Fsp3) is 0.875. The highest BCUT2D eigenvalue weighted by atomic mass is 16.6. The zero-order valence-corrected chi connectivity index (χ0v) is 26.7. The Bertz CT molecular complexity index is 634. The lowest BCUT2D eigenvalue weighted by atomic mass is 9.95. The van der Waals surface area contributed by atoms with Crippen LogP contribution in [-0.2, 0) is 28.6 Å². The summed E-state index contributed by atoms with van der Waals surface area (Å²) < 4.78 is 15.8. The average molecular weight is 587 g/mol. The van der Waals surface area contributed by atoms with Crippen molar-refractivity contribution in [3.05, 3.63) is 0 Å². The van der Waals surface area contributed by atoms with Crippen molar-refractivity contribution in [1.29, 1.82) is 5.41 Å². The van der Waals surface area contributed by atoms with Gasteiger partial charge in [-0.15, -0.1) is 0 Å². The molecule has 0 fully saturated rings. The van der Waals surface area contributed by atoms with Crippen molar-refractivity contribution in [1.82, 2.24) is 0 Å². The van der Waals surface area contributed by atoms with Crippen LogP contribution in [0.5, 0.6) is 0 Å². The van der Waals surface area contributed by atoms with Crippen molar-refractivity contribution < 1.29 is 33.7 Å². The van der Waals surface area contributed by atoms with E-state index in [4.69, 9.17) is 25.4 Å². The second-order valence-electron chi connectivity index (χ2n) is 10.9. The first-order chi connectivity index (χ1) is 19.6. The molecule has 41 heavy (non-hydrogen) atoms. The van der Waals surface area contributed by atoms with E-state index in [0.29, 0.717) is 6.42 Å². The van der Waals surface area contributed by atoms with E-state index in [-0.39, 0.29) is 25.7 Å². The summed E-state index contributed by atoms with van der Waals surface area (Å²) in [5, 5.41) is 17.3. The van der Waals surface area contributed by atoms with Crippen LogP contribution in [0.3, 0.4) is 0 Å². The lowest BCUT2D eigenvalue weighted by Gasteiger charge is -2.24. The number of carbonyl (C=O) groups is 3. The number of hydrogen-bond acceptors (Lipinski definition) is 8. The molecule has 0 aliphatic rings. The van der Waals surface area contributed by atoms with Crippen LogP contribution in [0.25, 0.3) is 0 Å². The van der Waals surface area contributed by atoms with Gasteiger partial charge in [0, 0.05) is 0 Å². The molecule has 0 aromatic heterocycles. The van der Waals surface area contributed by atoms with Gasteiger partial charge in [0.2, 0.25) is 0 Å². The normalized spacial score (nSPS) is 10.9. The van der Waals surface area contributed by atoms with E-state index in [9.17, 15) is 19.5 Å². The van der Waals surface area contributed by atoms with Crippen molar-refractivity contribution >= 4 is 23.7 Å². The Morgan fingerprint density at radius 3 is 1.17 bits per heavy atom. The highest BCUT2D eigenvalue weighted by molar-refractivity contribution is 5.90. The van der Waals surface area contributed by atoms with Crippen LogP contribution in [0.2, 0.25) is 0 Å². The molecule has 0 unspecified atom stereocenters. The highest BCUT2D eigenvalue weighted by Crippen LogP contribution is 2.21. The van der Waals surface area contributed by atoms with Gasteiger partial charge in [0.1, 0.15) is 0 Å². The Labute approximate surface area is 250 Å². The molecule has 9 heteroatoms. The quantitative estimate of drug-likeness (QED) is 0.0318. The van der Waals surface area contributed by atoms with E-state index < -0.39 is 36.4 Å². The molecule has 0 aromatic rings. The van der Waals surface area contributed by atoms with E-state index in [0.717, 1.165) is 77.0 Å². The monoisotopic (exact) mass is 586 g/mol. The summed E-state index contributed by atoms with van der Waals surface area (Å²) in [5.41, 5.74) is 2.42. The third-order valence-electron chi connectivity index (χ3n) is 6.51. The van der Waals surface area contributed by atoms with E-state index in [1.54, 1.807) is 0 Å². The van der Waals surface area contributed by atoms with Crippen LogP contribution in [-0.4, -0.2) is 54.3 Å². The van der Waals surface area contributed by atoms with Gasteiger partial charge in [0.25, 0.3) is 0 Å². The fourth-order valence-electron chi connectivity index (χ4n) is 4.10. The molecular weight excluding hydrogens is 524 g/mol. The van der Waals surface area contributed by atoms with Gasteiger partial charge in [-0.05, 0) is 26.2 Å². The van der Waals surface area contributed by atoms with Crippen LogP contribution in [0.4, 0.5) is 0 Å². The zero-order chi connectivity index (χ0) is 31.2. The van der Waals surface area contributed by atoms with Gasteiger partial charge in [-0.1, -0.05) is 117 Å². The van der Waals surface area contributed by atoms with E-state index in [2.05, 4.69) is 20.8 Å². The van der Waals surface area contributed by atoms with Crippen LogP contribution in [0.1, 0.15) is 156 Å². The van der Waals surface area contributed by atoms with Crippen molar-refractivity contribution in [3.63, 3.8) is 0 Å². The SMILES string of the molecule is CC(=N)N.CCCCCCCCOC(=O)CC(O)(CC(=O)OCCCCCCCC)C(=O)OCCCCCCCC. The molecule has 0 rings (SSSR count). The summed E-state index contributed by atoms with van der Waals surface area (Å²) >= 11 is 0. The molecule has 0 atom stereocenters. The summed E-state index contributed by atoms with van der Waals surface area (Å²) in [4.78, 5) is 37.5. The molecule has 242 valence electrons. The molecular formula is C32H62N2O7. The molecule has 0 saturated heterocycles. The third kappa shape index (κ3) is 29.1. The van der Waals surface area contributed by atoms with E-state index in [1.807, 2.05) is 0 Å². The number of nitrogens with two attached hydrogens (primary N) is 1. The molecule has 0 aliphatic heterocycles. The Hall–Kier alpha value is -2.16. The molecule has 0 amide bonds. The minimum absolute atomic E-state index is 0.146. The lowest BCUT2D eigenvalue weighted by Crippen LogP contribution is -2.45. The second kappa shape index (κ2) is 29.3. The first kappa shape index (κ1) is 41.0. The molecule has 0 spiro atoms. The van der Waals surface area contributed by atoms with Gasteiger partial charge in [0.15, 0.2) is 5.60 Å². The third-order valence-corrected chi connectivity index (χ3v) is 6.51. The van der Waals surface area contributed by atoms with Crippen molar-refractivity contribution in [2.24, 2.45) is 5.73 Å². The Morgan fingerprint density at radius 1 is 0.585 bits per heavy atom. The minimum atomic E-state index is -2.28. The average Bonchev–Trinajstić information content (AvgIpc) is 2.91. The van der Waals surface area contributed by atoms with Crippen LogP contribution >= 0.6 is 0 Å². The number of ether oxygens (including phenoxy) is 3. The summed E-state index contributed by atoms with van der Waals surface area (Å²) in [5.74, 6) is -2.22. The van der Waals surface area contributed by atoms with Gasteiger partial charge in [-0.25, -0.2) is 4.79 Å². The number of esters is 3. The number of aliphatic hydroxyl groups is 1. The number of amidine groups is 1. The number of carbonyl (C=O) groups excluding carboxylic acids is 3. The standard InChI is InChI=1S/C30H56O7.C2H6N2/c1-4-7-10-13-16-19-22-35-27(31)25-30(34,29(33)37-24-21-18-15-12-9-6-3)26-28(32)36-23-20-17-14-11-8-5-2;1-2(3)4/h34H,4-26H2,1-3H3;1H3,(H3,3,4). The van der Waals surface area contributed by atoms with Crippen LogP contribution in [0, 0.1) is 5.41 Å². The number of hydrogen-bond donors (Lipinski definition) is 3. The maximum atomic E-state index is 12.7. The maximum absolute atomic E-state index is 12.7. The fourth-order valence-corrected chi connectivity index (χ4v) is 4.10. The number of rotatable bonds is 26. The molecule has 0 aliphatic carbocycles. The molecule has 0 aromatic carbocycles. The molecule has 0 radical (unpaired) electrons. The number of nitrogens with one attached hydrogen (secondary N) is 1. The number of unbranched alkanes of at least 4 members (excludes halogenated alkanes) is 15. The van der Waals surface area contributed by atoms with Gasteiger partial charge in [-0.3, -0.25) is 15.0 Å². The van der Waals surface area contributed by atoms with Crippen LogP contribution in [0.15, 0.2) is 0 Å². The topological polar surface area (TPSA) is 149 Å². The predicted octanol–water partition coefficient (Wildman–Crippen LogP) is 7.15. The maximum Gasteiger partial charge on any atom is 0.339 e. The molecule has 0 heterocycles. The highest BCUT2D eigenvalue weighted by Gasteiger charge is 2.43. The van der Waals surface area contributed by atoms with Gasteiger partial charge in [0.05, 0.1) is 38.5 Å². The summed E-state index contributed by atoms with van der Waals surface area (Å²) in [6.07, 6.45) is 17.5. The smallest absolute Gasteiger partial charge is 0.339 e. The first-order valence-electron chi connectivity index (χ1n) is 16.1. The van der Waals surface area contributed by atoms with Crippen LogP contribution < -0.4 is 5.73 Å². The summed E-state index contributed by atoms with van der Waals surface area (Å²) in [7, 11) is 0. The molecule has 0 bridgehead atoms. The van der Waals surface area contributed by atoms with Crippen molar-refractivity contribution in [3.8, 4) is 0 Å². The Balaban J connectivity index is 0. The Kier molecular flexibility index (Phi) is 29.3. The minimum Gasteiger partial charge on any atom is -0.466 e. The molecule has 9 nitrogen and oxygen atoms in total. The molecule has 0 saturated carbocycles. The predicted molar refractivity (Wildman–Crippen MR) is 165 cm³/mol. The zero-order valence-electron chi connectivity index (χ0n) is 26.7. The Morgan fingerprint density at radius 2 is 0.854 bits per heavy atom. The lowest BCUT2D eigenvalue weighted by molar-refractivity contribution is -0.178. The summed E-state index contributed by atoms with van der Waals surface area (Å²) in [6.45, 7) is 8.61.